The number of carbonyl (C=O) groups is 2. The first-order valence-corrected chi connectivity index (χ1v) is 6.16. The summed E-state index contributed by atoms with van der Waals surface area (Å²) >= 11 is 1.24. The van der Waals surface area contributed by atoms with Crippen LogP contribution in [0.5, 0.6) is 0 Å². The van der Waals surface area contributed by atoms with Crippen molar-refractivity contribution in [3.05, 3.63) is 34.3 Å². The molecule has 0 N–H and O–H groups in total. The van der Waals surface area contributed by atoms with Crippen LogP contribution in [-0.4, -0.2) is 33.4 Å². The van der Waals surface area contributed by atoms with Crippen LogP contribution in [0.2, 0.25) is 0 Å². The fraction of sp³-hybridized carbons (Fsp3) is 0.273. The summed E-state index contributed by atoms with van der Waals surface area (Å²) in [6.45, 7) is 2.34. The van der Waals surface area contributed by atoms with Gasteiger partial charge in [0.2, 0.25) is 0 Å². The Balaban J connectivity index is 2.06. The number of thiophene rings is 1. The van der Waals surface area contributed by atoms with Crippen molar-refractivity contribution in [1.29, 1.82) is 0 Å². The van der Waals surface area contributed by atoms with E-state index < -0.39 is 11.8 Å². The van der Waals surface area contributed by atoms with E-state index in [-0.39, 0.29) is 6.61 Å². The highest BCUT2D eigenvalue weighted by atomic mass is 32.1. The second-order valence-corrected chi connectivity index (χ2v) is 4.54. The third-order valence-corrected chi connectivity index (χ3v) is 3.18. The van der Waals surface area contributed by atoms with Gasteiger partial charge in [0, 0.05) is 4.88 Å². The summed E-state index contributed by atoms with van der Waals surface area (Å²) in [5, 5.41) is 7.93. The molecular weight excluding hydrogens is 254 g/mol. The molecule has 0 unspecified atom stereocenters. The monoisotopic (exact) mass is 265 g/mol. The average Bonchev–Trinajstić information content (AvgIpc) is 3.00. The van der Waals surface area contributed by atoms with Gasteiger partial charge in [-0.05, 0) is 19.1 Å². The highest BCUT2D eigenvalue weighted by molar-refractivity contribution is 7.14. The van der Waals surface area contributed by atoms with Gasteiger partial charge in [0.25, 0.3) is 5.78 Å². The van der Waals surface area contributed by atoms with Crippen LogP contribution in [0.15, 0.2) is 24.5 Å². The zero-order valence-electron chi connectivity index (χ0n) is 9.70. The molecule has 0 radical (unpaired) electrons. The van der Waals surface area contributed by atoms with Crippen LogP contribution in [0.4, 0.5) is 0 Å². The van der Waals surface area contributed by atoms with E-state index in [2.05, 4.69) is 14.9 Å². The van der Waals surface area contributed by atoms with Gasteiger partial charge in [0.15, 0.2) is 0 Å². The number of hydrogen-bond donors (Lipinski definition) is 0. The number of Topliss-reactive ketones (excluding diaryl/α,β-unsaturated/α-hetero) is 1. The minimum Gasteiger partial charge on any atom is -0.460 e. The second-order valence-electron chi connectivity index (χ2n) is 3.38. The molecule has 0 aliphatic heterocycles. The second kappa shape index (κ2) is 5.54. The van der Waals surface area contributed by atoms with Crippen LogP contribution in [0.3, 0.4) is 0 Å². The van der Waals surface area contributed by atoms with Crippen molar-refractivity contribution in [2.45, 2.75) is 13.5 Å². The summed E-state index contributed by atoms with van der Waals surface area (Å²) in [6.07, 6.45) is 3.16. The number of nitrogens with zero attached hydrogens (tertiary/aromatic N) is 3. The Morgan fingerprint density at radius 2 is 2.06 bits per heavy atom. The Kier molecular flexibility index (Phi) is 3.83. The molecule has 0 saturated heterocycles. The number of hydrogen-bond acceptors (Lipinski definition) is 6. The van der Waals surface area contributed by atoms with Gasteiger partial charge in [-0.15, -0.1) is 11.3 Å². The van der Waals surface area contributed by atoms with Crippen molar-refractivity contribution < 1.29 is 14.3 Å². The van der Waals surface area contributed by atoms with E-state index in [1.165, 1.54) is 16.1 Å². The molecule has 2 heterocycles. The van der Waals surface area contributed by atoms with Crippen LogP contribution in [0, 0.1) is 0 Å². The SMILES string of the molecule is CCOC(=O)C(=O)c1ccc(Cn2nccn2)s1. The minimum atomic E-state index is -0.817. The molecule has 6 nitrogen and oxygen atoms in total. The van der Waals surface area contributed by atoms with E-state index >= 15 is 0 Å². The van der Waals surface area contributed by atoms with Gasteiger partial charge in [-0.3, -0.25) is 4.79 Å². The Morgan fingerprint density at radius 3 is 2.72 bits per heavy atom. The molecule has 94 valence electrons. The molecule has 0 fully saturated rings. The minimum absolute atomic E-state index is 0.194. The summed E-state index contributed by atoms with van der Waals surface area (Å²) in [5.74, 6) is -1.43. The molecule has 18 heavy (non-hydrogen) atoms. The normalized spacial score (nSPS) is 10.3. The van der Waals surface area contributed by atoms with Gasteiger partial charge >= 0.3 is 5.97 Å². The van der Waals surface area contributed by atoms with E-state index in [1.54, 1.807) is 31.5 Å². The molecule has 2 aromatic heterocycles. The summed E-state index contributed by atoms with van der Waals surface area (Å²) in [4.78, 5) is 25.7. The number of carbonyl (C=O) groups excluding carboxylic acids is 2. The van der Waals surface area contributed by atoms with E-state index in [0.29, 0.717) is 11.4 Å². The Morgan fingerprint density at radius 1 is 1.33 bits per heavy atom. The number of esters is 1. The maximum atomic E-state index is 11.6. The first-order valence-electron chi connectivity index (χ1n) is 5.35. The third-order valence-electron chi connectivity index (χ3n) is 2.11. The molecule has 0 aliphatic carbocycles. The number of rotatable bonds is 5. The largest absolute Gasteiger partial charge is 0.460 e. The van der Waals surface area contributed by atoms with E-state index in [0.717, 1.165) is 4.88 Å². The maximum Gasteiger partial charge on any atom is 0.380 e. The predicted octanol–water partition coefficient (Wildman–Crippen LogP) is 1.13. The molecule has 0 spiro atoms. The molecule has 0 saturated carbocycles. The van der Waals surface area contributed by atoms with Crippen molar-refractivity contribution in [3.8, 4) is 0 Å². The lowest BCUT2D eigenvalue weighted by Crippen LogP contribution is -2.16. The summed E-state index contributed by atoms with van der Waals surface area (Å²) in [7, 11) is 0. The molecule has 0 aromatic carbocycles. The highest BCUT2D eigenvalue weighted by Crippen LogP contribution is 2.18. The number of ether oxygens (including phenoxy) is 1. The quantitative estimate of drug-likeness (QED) is 0.460. The van der Waals surface area contributed by atoms with Crippen molar-refractivity contribution >= 4 is 23.1 Å². The molecule has 0 bridgehead atoms. The molecule has 0 aliphatic rings. The lowest BCUT2D eigenvalue weighted by molar-refractivity contribution is -0.137. The molecular formula is C11H11N3O3S. The van der Waals surface area contributed by atoms with E-state index in [9.17, 15) is 9.59 Å². The molecule has 0 atom stereocenters. The van der Waals surface area contributed by atoms with Crippen molar-refractivity contribution in [2.75, 3.05) is 6.61 Å². The lowest BCUT2D eigenvalue weighted by atomic mass is 10.3. The summed E-state index contributed by atoms with van der Waals surface area (Å²) < 4.78 is 4.66. The fourth-order valence-corrected chi connectivity index (χ4v) is 2.26. The third kappa shape index (κ3) is 2.80. The Labute approximate surface area is 107 Å². The first-order chi connectivity index (χ1) is 8.70. The zero-order chi connectivity index (χ0) is 13.0. The topological polar surface area (TPSA) is 74.1 Å². The van der Waals surface area contributed by atoms with Crippen LogP contribution in [0.1, 0.15) is 21.5 Å². The Hall–Kier alpha value is -2.02. The average molecular weight is 265 g/mol. The van der Waals surface area contributed by atoms with Crippen molar-refractivity contribution in [3.63, 3.8) is 0 Å². The van der Waals surface area contributed by atoms with Gasteiger partial charge in [0.1, 0.15) is 0 Å². The predicted molar refractivity (Wildman–Crippen MR) is 64.4 cm³/mol. The van der Waals surface area contributed by atoms with E-state index in [1.807, 2.05) is 0 Å². The Bertz CT molecular complexity index is 548. The number of aromatic nitrogens is 3. The van der Waals surface area contributed by atoms with Crippen LogP contribution < -0.4 is 0 Å². The van der Waals surface area contributed by atoms with Gasteiger partial charge in [-0.25, -0.2) is 4.79 Å². The van der Waals surface area contributed by atoms with Gasteiger partial charge in [0.05, 0.1) is 30.4 Å². The maximum absolute atomic E-state index is 11.6. The molecule has 2 rings (SSSR count). The number of ketones is 1. The standard InChI is InChI=1S/C11H11N3O3S/c1-2-17-11(16)10(15)9-4-3-8(18-9)7-14-12-5-6-13-14/h3-6H,2,7H2,1H3. The first kappa shape index (κ1) is 12.4. The lowest BCUT2D eigenvalue weighted by Gasteiger charge is -1.98. The smallest absolute Gasteiger partial charge is 0.380 e. The van der Waals surface area contributed by atoms with Gasteiger partial charge < -0.3 is 4.74 Å². The van der Waals surface area contributed by atoms with Crippen LogP contribution in [-0.2, 0) is 16.1 Å². The van der Waals surface area contributed by atoms with Crippen LogP contribution >= 0.6 is 11.3 Å². The van der Waals surface area contributed by atoms with Crippen molar-refractivity contribution in [1.82, 2.24) is 15.0 Å². The summed E-state index contributed by atoms with van der Waals surface area (Å²) in [6, 6.07) is 3.39. The fourth-order valence-electron chi connectivity index (χ4n) is 1.35. The van der Waals surface area contributed by atoms with Crippen LogP contribution in [0.25, 0.3) is 0 Å². The summed E-state index contributed by atoms with van der Waals surface area (Å²) in [5.41, 5.74) is 0. The van der Waals surface area contributed by atoms with Crippen molar-refractivity contribution in [2.24, 2.45) is 0 Å². The molecule has 2 aromatic rings. The van der Waals surface area contributed by atoms with E-state index in [4.69, 9.17) is 0 Å². The van der Waals surface area contributed by atoms with Gasteiger partial charge in [-0.2, -0.15) is 15.0 Å². The molecule has 0 amide bonds. The van der Waals surface area contributed by atoms with Gasteiger partial charge in [-0.1, -0.05) is 0 Å². The highest BCUT2D eigenvalue weighted by Gasteiger charge is 2.19. The molecule has 7 heteroatoms. The zero-order valence-corrected chi connectivity index (χ0v) is 10.5.